The summed E-state index contributed by atoms with van der Waals surface area (Å²) >= 11 is 0. The van der Waals surface area contributed by atoms with Crippen molar-refractivity contribution in [1.29, 1.82) is 0 Å². The summed E-state index contributed by atoms with van der Waals surface area (Å²) < 4.78 is 50.5. The van der Waals surface area contributed by atoms with E-state index in [1.54, 1.807) is 12.1 Å². The van der Waals surface area contributed by atoms with Crippen LogP contribution in [0.15, 0.2) is 42.5 Å². The van der Waals surface area contributed by atoms with Crippen LogP contribution in [-0.2, 0) is 16.8 Å². The van der Waals surface area contributed by atoms with Crippen molar-refractivity contribution in [1.82, 2.24) is 0 Å². The Kier molecular flexibility index (Phi) is 4.39. The van der Waals surface area contributed by atoms with Gasteiger partial charge in [-0.15, -0.1) is 0 Å². The van der Waals surface area contributed by atoms with Gasteiger partial charge in [0.2, 0.25) is 0 Å². The molecule has 2 rings (SSSR count). The molecule has 0 aliphatic heterocycles. The molecule has 0 saturated carbocycles. The Morgan fingerprint density at radius 3 is 2.43 bits per heavy atom. The fourth-order valence-electron chi connectivity index (χ4n) is 1.74. The van der Waals surface area contributed by atoms with E-state index >= 15 is 0 Å². The van der Waals surface area contributed by atoms with Gasteiger partial charge in [0, 0.05) is 17.8 Å². The van der Waals surface area contributed by atoms with Crippen molar-refractivity contribution in [3.8, 4) is 0 Å². The van der Waals surface area contributed by atoms with Crippen LogP contribution in [0.25, 0.3) is 0 Å². The fourth-order valence-corrected chi connectivity index (χ4v) is 2.19. The first kappa shape index (κ1) is 15.2. The molecule has 2 aromatic rings. The molecule has 0 bridgehead atoms. The molecule has 5 nitrogen and oxygen atoms in total. The number of hydrogen-bond donors (Lipinski definition) is 3. The van der Waals surface area contributed by atoms with Gasteiger partial charge in [-0.3, -0.25) is 4.72 Å². The van der Waals surface area contributed by atoms with E-state index in [-0.39, 0.29) is 17.8 Å². The van der Waals surface area contributed by atoms with Crippen LogP contribution in [-0.4, -0.2) is 8.42 Å². The van der Waals surface area contributed by atoms with Gasteiger partial charge in [0.1, 0.15) is 0 Å². The van der Waals surface area contributed by atoms with Crippen LogP contribution < -0.4 is 15.2 Å². The maximum Gasteiger partial charge on any atom is 0.296 e. The zero-order chi connectivity index (χ0) is 15.5. The Bertz CT molecular complexity index is 751. The number of nitrogens with one attached hydrogen (secondary N) is 2. The fraction of sp³-hybridized carbons (Fsp3) is 0.0769. The van der Waals surface area contributed by atoms with Gasteiger partial charge >= 0.3 is 0 Å². The second-order valence-electron chi connectivity index (χ2n) is 4.29. The molecule has 4 N–H and O–H groups in total. The minimum atomic E-state index is -3.86. The highest BCUT2D eigenvalue weighted by molar-refractivity contribution is 7.90. The summed E-state index contributed by atoms with van der Waals surface area (Å²) in [5.41, 5.74) is 0.967. The molecular weight excluding hydrogens is 300 g/mol. The van der Waals surface area contributed by atoms with Crippen molar-refractivity contribution in [2.75, 3.05) is 10.0 Å². The highest BCUT2D eigenvalue weighted by Crippen LogP contribution is 2.18. The van der Waals surface area contributed by atoms with E-state index in [1.165, 1.54) is 24.3 Å². The van der Waals surface area contributed by atoms with Gasteiger partial charge < -0.3 is 5.32 Å². The van der Waals surface area contributed by atoms with E-state index in [0.717, 1.165) is 6.07 Å². The topological polar surface area (TPSA) is 84.2 Å². The molecule has 0 heterocycles. The summed E-state index contributed by atoms with van der Waals surface area (Å²) in [6, 6.07) is 10.2. The third-order valence-electron chi connectivity index (χ3n) is 2.64. The molecule has 0 aliphatic rings. The maximum absolute atomic E-state index is 13.5. The standard InChI is InChI=1S/C13H13F2N3O2S/c14-12-6-1-3-9(13(12)15)8-17-10-4-2-5-11(7-10)18-21(16,19)20/h1-7,17-18H,8H2,(H2,16,19,20). The smallest absolute Gasteiger partial charge is 0.296 e. The lowest BCUT2D eigenvalue weighted by atomic mass is 10.2. The molecule has 2 aromatic carbocycles. The second-order valence-corrected chi connectivity index (χ2v) is 5.59. The van der Waals surface area contributed by atoms with Crippen LogP contribution in [0.4, 0.5) is 20.2 Å². The molecule has 0 saturated heterocycles. The van der Waals surface area contributed by atoms with Crippen molar-refractivity contribution >= 4 is 21.6 Å². The van der Waals surface area contributed by atoms with Crippen LogP contribution in [0.1, 0.15) is 5.56 Å². The number of hydrogen-bond acceptors (Lipinski definition) is 3. The van der Waals surface area contributed by atoms with Gasteiger partial charge in [-0.1, -0.05) is 18.2 Å². The first-order chi connectivity index (χ1) is 9.85. The Hall–Kier alpha value is -2.19. The van der Waals surface area contributed by atoms with E-state index in [9.17, 15) is 17.2 Å². The minimum Gasteiger partial charge on any atom is -0.381 e. The molecule has 0 unspecified atom stereocenters. The predicted octanol–water partition coefficient (Wildman–Crippen LogP) is 2.19. The first-order valence-corrected chi connectivity index (χ1v) is 7.47. The minimum absolute atomic E-state index is 0.0580. The third-order valence-corrected chi connectivity index (χ3v) is 3.16. The lowest BCUT2D eigenvalue weighted by molar-refractivity contribution is 0.500. The quantitative estimate of drug-likeness (QED) is 0.791. The van der Waals surface area contributed by atoms with E-state index in [1.807, 2.05) is 0 Å². The normalized spacial score (nSPS) is 11.2. The SMILES string of the molecule is NS(=O)(=O)Nc1cccc(NCc2cccc(F)c2F)c1. The molecule has 0 amide bonds. The molecule has 0 fully saturated rings. The molecule has 0 aromatic heterocycles. The highest BCUT2D eigenvalue weighted by Gasteiger charge is 2.07. The largest absolute Gasteiger partial charge is 0.381 e. The van der Waals surface area contributed by atoms with Crippen LogP contribution in [0.5, 0.6) is 0 Å². The van der Waals surface area contributed by atoms with Crippen LogP contribution in [0.3, 0.4) is 0 Å². The Balaban J connectivity index is 2.10. The molecule has 0 atom stereocenters. The van der Waals surface area contributed by atoms with Gasteiger partial charge in [-0.05, 0) is 24.3 Å². The molecule has 112 valence electrons. The number of anilines is 2. The van der Waals surface area contributed by atoms with Crippen LogP contribution >= 0.6 is 0 Å². The van der Waals surface area contributed by atoms with E-state index in [0.29, 0.717) is 5.69 Å². The predicted molar refractivity (Wildman–Crippen MR) is 76.9 cm³/mol. The Labute approximate surface area is 121 Å². The maximum atomic E-state index is 13.5. The van der Waals surface area contributed by atoms with E-state index in [2.05, 4.69) is 10.0 Å². The molecule has 0 radical (unpaired) electrons. The van der Waals surface area contributed by atoms with Crippen molar-refractivity contribution in [2.24, 2.45) is 5.14 Å². The molecule has 0 aliphatic carbocycles. The third kappa shape index (κ3) is 4.40. The van der Waals surface area contributed by atoms with Gasteiger partial charge in [0.25, 0.3) is 10.2 Å². The summed E-state index contributed by atoms with van der Waals surface area (Å²) in [5.74, 6) is -1.83. The van der Waals surface area contributed by atoms with E-state index < -0.39 is 21.8 Å². The second kappa shape index (κ2) is 6.06. The van der Waals surface area contributed by atoms with Gasteiger partial charge in [-0.25, -0.2) is 13.9 Å². The monoisotopic (exact) mass is 313 g/mol. The van der Waals surface area contributed by atoms with Crippen molar-refractivity contribution in [3.05, 3.63) is 59.7 Å². The van der Waals surface area contributed by atoms with Gasteiger partial charge in [0.15, 0.2) is 11.6 Å². The Morgan fingerprint density at radius 1 is 1.05 bits per heavy atom. The summed E-state index contributed by atoms with van der Waals surface area (Å²) in [7, 11) is -3.86. The molecule has 8 heteroatoms. The molecule has 21 heavy (non-hydrogen) atoms. The molecule has 0 spiro atoms. The average molecular weight is 313 g/mol. The van der Waals surface area contributed by atoms with E-state index in [4.69, 9.17) is 5.14 Å². The molecular formula is C13H13F2N3O2S. The Morgan fingerprint density at radius 2 is 1.71 bits per heavy atom. The summed E-state index contributed by atoms with van der Waals surface area (Å²) in [6.45, 7) is 0.0580. The number of halogens is 2. The summed E-state index contributed by atoms with van der Waals surface area (Å²) in [4.78, 5) is 0. The first-order valence-electron chi connectivity index (χ1n) is 5.92. The number of benzene rings is 2. The van der Waals surface area contributed by atoms with Crippen molar-refractivity contribution in [2.45, 2.75) is 6.54 Å². The lowest BCUT2D eigenvalue weighted by Gasteiger charge is -2.10. The zero-order valence-electron chi connectivity index (χ0n) is 10.8. The zero-order valence-corrected chi connectivity index (χ0v) is 11.6. The van der Waals surface area contributed by atoms with Gasteiger partial charge in [0.05, 0.1) is 5.69 Å². The number of nitrogens with two attached hydrogens (primary N) is 1. The van der Waals surface area contributed by atoms with Crippen LogP contribution in [0, 0.1) is 11.6 Å². The lowest BCUT2D eigenvalue weighted by Crippen LogP contribution is -2.21. The van der Waals surface area contributed by atoms with Gasteiger partial charge in [-0.2, -0.15) is 8.42 Å². The number of rotatable bonds is 5. The summed E-state index contributed by atoms with van der Waals surface area (Å²) in [6.07, 6.45) is 0. The highest BCUT2D eigenvalue weighted by atomic mass is 32.2. The van der Waals surface area contributed by atoms with Crippen molar-refractivity contribution in [3.63, 3.8) is 0 Å². The summed E-state index contributed by atoms with van der Waals surface area (Å²) in [5, 5.41) is 7.74. The van der Waals surface area contributed by atoms with Crippen LogP contribution in [0.2, 0.25) is 0 Å². The average Bonchev–Trinajstić information content (AvgIpc) is 2.39. The van der Waals surface area contributed by atoms with Crippen molar-refractivity contribution < 1.29 is 17.2 Å².